The predicted octanol–water partition coefficient (Wildman–Crippen LogP) is 16.7. The normalized spacial score (nSPS) is 18.1. The molecule has 4 N–H and O–H groups in total. The summed E-state index contributed by atoms with van der Waals surface area (Å²) in [5.41, 5.74) is -4.04. The van der Waals surface area contributed by atoms with E-state index in [0.29, 0.717) is 28.5 Å². The molecule has 0 spiro atoms. The van der Waals surface area contributed by atoms with Crippen molar-refractivity contribution in [1.82, 2.24) is 0 Å². The molecule has 0 saturated heterocycles. The van der Waals surface area contributed by atoms with E-state index in [9.17, 15) is 84.0 Å². The molecule has 0 aromatic heterocycles. The van der Waals surface area contributed by atoms with Gasteiger partial charge in [0.25, 0.3) is 11.8 Å². The predicted molar refractivity (Wildman–Crippen MR) is 300 cm³/mol. The third kappa shape index (κ3) is 28.1. The Bertz CT molecular complexity index is 3010. The summed E-state index contributed by atoms with van der Waals surface area (Å²) in [4.78, 5) is 10.4. The van der Waals surface area contributed by atoms with Crippen molar-refractivity contribution in [2.75, 3.05) is 0 Å². The van der Waals surface area contributed by atoms with Crippen molar-refractivity contribution in [3.63, 3.8) is 0 Å². The summed E-state index contributed by atoms with van der Waals surface area (Å²) in [5, 5.41) is 35.1. The van der Waals surface area contributed by atoms with Crippen molar-refractivity contribution < 1.29 is 119 Å². The van der Waals surface area contributed by atoms with Crippen molar-refractivity contribution in [1.29, 1.82) is 0.783 Å². The summed E-state index contributed by atoms with van der Waals surface area (Å²) in [5.74, 6) is -12.4. The van der Waals surface area contributed by atoms with Crippen LogP contribution in [-0.4, -0.2) is 71.6 Å². The summed E-state index contributed by atoms with van der Waals surface area (Å²) in [6, 6.07) is 33.3. The number of Topliss-reactive ketones (excluding diaryl/α,β-unsaturated/α-hetero) is 1. The molecule has 85 heavy (non-hydrogen) atoms. The zero-order valence-electron chi connectivity index (χ0n) is 45.4. The van der Waals surface area contributed by atoms with Gasteiger partial charge in [0.05, 0.1) is 8.58 Å². The summed E-state index contributed by atoms with van der Waals surface area (Å²) < 4.78 is 220. The molecule has 4 aliphatic carbocycles. The van der Waals surface area contributed by atoms with Gasteiger partial charge in [0.1, 0.15) is 40.5 Å². The monoisotopic (exact) mass is 1410 g/mol. The Morgan fingerprint density at radius 2 is 1.01 bits per heavy atom. The quantitative estimate of drug-likeness (QED) is 0.0433. The fourth-order valence-electron chi connectivity index (χ4n) is 8.19. The van der Waals surface area contributed by atoms with E-state index in [1.807, 2.05) is 15.0 Å². The Labute approximate surface area is 503 Å². The molecule has 5 aromatic carbocycles. The number of rotatable bonds is 6. The first-order chi connectivity index (χ1) is 39.9. The van der Waals surface area contributed by atoms with Crippen LogP contribution in [0.3, 0.4) is 0 Å². The van der Waals surface area contributed by atoms with Gasteiger partial charge in [-0.3, -0.25) is 4.79 Å². The first-order valence-electron chi connectivity index (χ1n) is 25.4. The zero-order valence-corrected chi connectivity index (χ0v) is 50.4. The summed E-state index contributed by atoms with van der Waals surface area (Å²) >= 11 is -1.79. The van der Waals surface area contributed by atoms with Crippen LogP contribution in [0.4, 0.5) is 65.7 Å². The van der Waals surface area contributed by atoms with Crippen LogP contribution in [0.5, 0.6) is 11.5 Å². The van der Waals surface area contributed by atoms with E-state index < -0.39 is 107 Å². The second-order valence-electron chi connectivity index (χ2n) is 18.7. The number of allylic oxidation sites excluding steroid dienone is 4. The number of phenols is 2. The maximum absolute atomic E-state index is 14.3. The summed E-state index contributed by atoms with van der Waals surface area (Å²) in [7, 11) is 3.62. The molecule has 2 saturated carbocycles. The number of hydrogen-bond acceptors (Lipinski definition) is 8. The second-order valence-corrected chi connectivity index (χ2v) is 23.5. The van der Waals surface area contributed by atoms with Gasteiger partial charge in [-0.15, -0.1) is 0 Å². The number of phenolic OH excluding ortho intramolecular Hbond substituents is 2. The third-order valence-electron chi connectivity index (χ3n) is 12.6. The molecule has 2 atom stereocenters. The van der Waals surface area contributed by atoms with E-state index in [-0.39, 0.29) is 99.3 Å². The molecule has 8 nitrogen and oxygen atoms in total. The molecular weight excluding hydrogens is 1360 g/mol. The van der Waals surface area contributed by atoms with Crippen LogP contribution < -0.4 is 5.46 Å². The number of hydrogen-bond donors (Lipinski definition) is 4. The SMILES string of the molecule is FPP.Fc1ccccc1C1=CCC(F)(F)CC1.O=C1CCC(F)(F)CC1.O=S(=O)(OC1=CCC(F)(F)CC1)C(F)(F)F.OB(O)c1ccccc1F.Oc1ccc(C2(c3ccccc3F)CCC(F)(F)CC2)cc1.Oc1ccccc1.[2H][Pd]([Cl])[Cl]. The van der Waals surface area contributed by atoms with Crippen molar-refractivity contribution in [3.8, 4) is 11.5 Å². The van der Waals surface area contributed by atoms with E-state index in [2.05, 4.69) is 4.18 Å². The van der Waals surface area contributed by atoms with Crippen LogP contribution in [0.25, 0.3) is 5.57 Å². The average Bonchev–Trinajstić information content (AvgIpc) is 1.23. The van der Waals surface area contributed by atoms with Crippen LogP contribution in [0.15, 0.2) is 145 Å². The van der Waals surface area contributed by atoms with Crippen LogP contribution >= 0.6 is 36.6 Å². The van der Waals surface area contributed by atoms with Gasteiger partial charge in [-0.25, -0.2) is 52.5 Å². The van der Waals surface area contributed by atoms with Crippen molar-refractivity contribution >= 4 is 70.6 Å². The molecule has 2 unspecified atom stereocenters. The Morgan fingerprint density at radius 1 is 0.588 bits per heavy atom. The van der Waals surface area contributed by atoms with Gasteiger partial charge < -0.3 is 24.4 Å². The number of benzene rings is 5. The van der Waals surface area contributed by atoms with Gasteiger partial charge >= 0.3 is 58.4 Å². The van der Waals surface area contributed by atoms with E-state index in [1.54, 1.807) is 72.8 Å². The minimum atomic E-state index is -5.75. The van der Waals surface area contributed by atoms with E-state index in [1.165, 1.54) is 54.6 Å². The summed E-state index contributed by atoms with van der Waals surface area (Å²) in [6.07, 6.45) is -0.726. The fraction of sp³-hybridized carbons (Fsp3) is 0.364. The first-order valence-corrected chi connectivity index (χ1v) is 33.1. The van der Waals surface area contributed by atoms with Gasteiger partial charge in [0.15, 0.2) is 0 Å². The minimum absolute atomic E-state index is 0.0269. The number of para-hydroxylation sites is 1. The number of ketones is 1. The Kier molecular flexibility index (Phi) is 31.9. The average molecular weight is 1420 g/mol. The van der Waals surface area contributed by atoms with Crippen LogP contribution in [0.2, 0.25) is 0 Å². The molecule has 0 radical (unpaired) electrons. The molecule has 0 heterocycles. The number of carbonyl (C=O) groups excluding carboxylic acids is 1. The van der Waals surface area contributed by atoms with Gasteiger partial charge in [-0.1, -0.05) is 99.9 Å². The first kappa shape index (κ1) is 74.9. The molecular formula is C55H59BCl2F15O8P2PdS. The van der Waals surface area contributed by atoms with Gasteiger partial charge in [0, 0.05) is 87.1 Å². The standard InChI is InChI=1S/C18H17F3O.C12H11F3.C7H7F5O3S.C6H6BFO2.C6H8F2O.C6H6O.2ClH.FH3P2.Pd.H/c19-16-4-2-1-3-15(16)17(9-11-18(20,21)12-10-17)13-5-7-14(22)8-6-13;13-11-4-2-1-3-10(11)9-5-7-12(14,15)8-6-9;8-6(9)3-1-5(2-4-6)15-16(13,14)7(10,11)12;8-6-4-2-1-3-5(6)7(9)10;7-6(8)3-1-5(9)2-4-6;7-6-4-2-1-3-5-6;;;1-3-2;;/h1-8,22H,9-12H2;1-5H,6-8H2;1H,2-4H2;1-4,9-10H;1-4H2;1-5,7H;2*1H;3H,2H2;;/q;;;;;;;;;+2;/p-2/i;;;;;;;;;;1+1. The van der Waals surface area contributed by atoms with Gasteiger partial charge in [-0.05, 0) is 84.5 Å². The van der Waals surface area contributed by atoms with E-state index in [4.69, 9.17) is 35.0 Å². The molecule has 4 aliphatic rings. The number of alkyl halides is 11. The van der Waals surface area contributed by atoms with E-state index >= 15 is 0 Å². The summed E-state index contributed by atoms with van der Waals surface area (Å²) in [6.45, 7) is 0. The molecule has 2 fully saturated rings. The van der Waals surface area contributed by atoms with Crippen molar-refractivity contribution in [2.24, 2.45) is 0 Å². The topological polar surface area (TPSA) is 141 Å². The number of carbonyl (C=O) groups is 1. The molecule has 30 heteroatoms. The van der Waals surface area contributed by atoms with Crippen LogP contribution in [0, 0.1) is 17.5 Å². The second kappa shape index (κ2) is 36.2. The van der Waals surface area contributed by atoms with E-state index in [0.717, 1.165) is 5.56 Å². The molecule has 0 aliphatic heterocycles. The fourth-order valence-corrected chi connectivity index (χ4v) is 8.72. The Morgan fingerprint density at radius 3 is 1.41 bits per heavy atom. The number of halogens is 17. The van der Waals surface area contributed by atoms with Crippen LogP contribution in [0.1, 0.15) is 107 Å². The third-order valence-corrected chi connectivity index (χ3v) is 13.6. The molecule has 9 rings (SSSR count). The Balaban J connectivity index is 0.000000356. The maximum atomic E-state index is 14.3. The van der Waals surface area contributed by atoms with Crippen molar-refractivity contribution in [3.05, 3.63) is 179 Å². The molecule has 0 amide bonds. The van der Waals surface area contributed by atoms with Crippen molar-refractivity contribution in [2.45, 2.75) is 125 Å². The Hall–Kier alpha value is -4.36. The molecule has 475 valence electrons. The number of aromatic hydroxyl groups is 2. The molecule has 0 bridgehead atoms. The van der Waals surface area contributed by atoms with Gasteiger partial charge in [0.2, 0.25) is 11.8 Å². The van der Waals surface area contributed by atoms with Gasteiger partial charge in [-0.2, -0.15) is 21.6 Å². The molecule has 5 aromatic rings. The zero-order chi connectivity index (χ0) is 65.2. The van der Waals surface area contributed by atoms with Crippen LogP contribution in [-0.2, 0) is 40.3 Å².